The van der Waals surface area contributed by atoms with Crippen LogP contribution in [-0.4, -0.2) is 34.5 Å². The van der Waals surface area contributed by atoms with Gasteiger partial charge < -0.3 is 9.84 Å². The Morgan fingerprint density at radius 3 is 2.60 bits per heavy atom. The van der Waals surface area contributed by atoms with Gasteiger partial charge in [-0.2, -0.15) is 4.98 Å². The summed E-state index contributed by atoms with van der Waals surface area (Å²) in [7, 11) is 1.77. The molecule has 0 spiro atoms. The molecular weight excluding hydrogens is 323 g/mol. The number of aromatic nitrogens is 2. The van der Waals surface area contributed by atoms with Crippen LogP contribution < -0.4 is 5.32 Å². The topological polar surface area (TPSA) is 71.3 Å². The van der Waals surface area contributed by atoms with E-state index in [-0.39, 0.29) is 18.3 Å². The molecule has 128 valence electrons. The molecule has 0 aliphatic rings. The van der Waals surface area contributed by atoms with E-state index in [9.17, 15) is 9.18 Å². The minimum absolute atomic E-state index is 0.139. The normalized spacial score (nSPS) is 10.8. The molecule has 0 saturated carbocycles. The predicted molar refractivity (Wildman–Crippen MR) is 91.1 cm³/mol. The van der Waals surface area contributed by atoms with Gasteiger partial charge in [0.05, 0.1) is 13.1 Å². The molecule has 0 bridgehead atoms. The van der Waals surface area contributed by atoms with E-state index in [0.29, 0.717) is 23.9 Å². The number of likely N-dealkylation sites (N-methyl/N-ethyl adjacent to an activating group) is 1. The van der Waals surface area contributed by atoms with Gasteiger partial charge in [0.15, 0.2) is 0 Å². The Bertz CT molecular complexity index is 834. The summed E-state index contributed by atoms with van der Waals surface area (Å²) in [5, 5.41) is 6.65. The van der Waals surface area contributed by atoms with E-state index in [1.54, 1.807) is 11.9 Å². The monoisotopic (exact) mass is 340 g/mol. The van der Waals surface area contributed by atoms with Gasteiger partial charge in [0.25, 0.3) is 0 Å². The summed E-state index contributed by atoms with van der Waals surface area (Å²) in [5.74, 6) is 0.383. The van der Waals surface area contributed by atoms with E-state index in [1.807, 2.05) is 30.3 Å². The van der Waals surface area contributed by atoms with Crippen LogP contribution in [0.2, 0.25) is 0 Å². The molecule has 6 nitrogen and oxygen atoms in total. The highest BCUT2D eigenvalue weighted by Gasteiger charge is 2.13. The summed E-state index contributed by atoms with van der Waals surface area (Å²) < 4.78 is 18.1. The number of anilines is 1. The van der Waals surface area contributed by atoms with Gasteiger partial charge in [-0.25, -0.2) is 4.39 Å². The molecule has 0 aliphatic carbocycles. The lowest BCUT2D eigenvalue weighted by Gasteiger charge is -2.13. The predicted octanol–water partition coefficient (Wildman–Crippen LogP) is 2.95. The SMILES string of the molecule is CN(CC(=O)Nc1ccc(F)cc1)Cc1nc(-c2ccccc2)no1. The molecule has 0 unspecified atom stereocenters. The van der Waals surface area contributed by atoms with Gasteiger partial charge >= 0.3 is 0 Å². The largest absolute Gasteiger partial charge is 0.338 e. The van der Waals surface area contributed by atoms with E-state index < -0.39 is 0 Å². The first-order chi connectivity index (χ1) is 12.1. The molecule has 2 aromatic carbocycles. The van der Waals surface area contributed by atoms with E-state index in [4.69, 9.17) is 4.52 Å². The maximum Gasteiger partial charge on any atom is 0.241 e. The minimum atomic E-state index is -0.347. The second kappa shape index (κ2) is 7.67. The molecule has 1 N–H and O–H groups in total. The van der Waals surface area contributed by atoms with E-state index in [2.05, 4.69) is 15.5 Å². The Kier molecular flexibility index (Phi) is 5.15. The molecule has 1 amide bonds. The summed E-state index contributed by atoms with van der Waals surface area (Å²) in [5.41, 5.74) is 1.41. The second-order valence-electron chi connectivity index (χ2n) is 5.61. The Balaban J connectivity index is 1.54. The molecule has 25 heavy (non-hydrogen) atoms. The number of nitrogens with zero attached hydrogens (tertiary/aromatic N) is 3. The van der Waals surface area contributed by atoms with Gasteiger partial charge in [0.1, 0.15) is 5.82 Å². The van der Waals surface area contributed by atoms with Crippen molar-refractivity contribution in [3.05, 3.63) is 66.3 Å². The summed E-state index contributed by atoms with van der Waals surface area (Å²) in [4.78, 5) is 18.1. The van der Waals surface area contributed by atoms with Crippen LogP contribution in [0.5, 0.6) is 0 Å². The van der Waals surface area contributed by atoms with Crippen molar-refractivity contribution in [3.8, 4) is 11.4 Å². The summed E-state index contributed by atoms with van der Waals surface area (Å²) >= 11 is 0. The number of nitrogens with one attached hydrogen (secondary N) is 1. The fourth-order valence-electron chi connectivity index (χ4n) is 2.29. The van der Waals surface area contributed by atoms with E-state index in [0.717, 1.165) is 5.56 Å². The number of rotatable bonds is 6. The summed E-state index contributed by atoms with van der Waals surface area (Å²) in [6.45, 7) is 0.483. The standard InChI is InChI=1S/C18H17FN4O2/c1-23(11-16(24)20-15-9-7-14(19)8-10-15)12-17-21-18(22-25-17)13-5-3-2-4-6-13/h2-10H,11-12H2,1H3,(H,20,24). The molecule has 0 aliphatic heterocycles. The third kappa shape index (κ3) is 4.71. The lowest BCUT2D eigenvalue weighted by molar-refractivity contribution is -0.117. The van der Waals surface area contributed by atoms with Crippen LogP contribution in [0, 0.1) is 5.82 Å². The van der Waals surface area contributed by atoms with Crippen molar-refractivity contribution in [2.75, 3.05) is 18.9 Å². The fourth-order valence-corrected chi connectivity index (χ4v) is 2.29. The van der Waals surface area contributed by atoms with E-state index >= 15 is 0 Å². The van der Waals surface area contributed by atoms with Crippen LogP contribution >= 0.6 is 0 Å². The zero-order valence-electron chi connectivity index (χ0n) is 13.6. The first-order valence-electron chi connectivity index (χ1n) is 7.72. The van der Waals surface area contributed by atoms with Crippen molar-refractivity contribution in [3.63, 3.8) is 0 Å². The van der Waals surface area contributed by atoms with Gasteiger partial charge in [-0.1, -0.05) is 35.5 Å². The highest BCUT2D eigenvalue weighted by Crippen LogP contribution is 2.15. The van der Waals surface area contributed by atoms with Crippen LogP contribution in [0.1, 0.15) is 5.89 Å². The molecular formula is C18H17FN4O2. The Hall–Kier alpha value is -3.06. The third-order valence-electron chi connectivity index (χ3n) is 3.45. The number of carbonyl (C=O) groups is 1. The summed E-state index contributed by atoms with van der Waals surface area (Å²) in [6.07, 6.45) is 0. The van der Waals surface area contributed by atoms with Crippen molar-refractivity contribution in [1.29, 1.82) is 0 Å². The Labute approximate surface area is 144 Å². The smallest absolute Gasteiger partial charge is 0.241 e. The number of benzene rings is 2. The average Bonchev–Trinajstić information content (AvgIpc) is 3.06. The molecule has 3 aromatic rings. The van der Waals surface area contributed by atoms with Crippen LogP contribution in [0.15, 0.2) is 59.1 Å². The van der Waals surface area contributed by atoms with Crippen LogP contribution in [0.4, 0.5) is 10.1 Å². The van der Waals surface area contributed by atoms with Gasteiger partial charge in [0.2, 0.25) is 17.6 Å². The fraction of sp³-hybridized carbons (Fsp3) is 0.167. The number of amides is 1. The van der Waals surface area contributed by atoms with Crippen molar-refractivity contribution in [2.24, 2.45) is 0 Å². The van der Waals surface area contributed by atoms with Crippen molar-refractivity contribution < 1.29 is 13.7 Å². The molecule has 3 rings (SSSR count). The lowest BCUT2D eigenvalue weighted by atomic mass is 10.2. The van der Waals surface area contributed by atoms with E-state index in [1.165, 1.54) is 24.3 Å². The zero-order valence-corrected chi connectivity index (χ0v) is 13.6. The molecule has 7 heteroatoms. The second-order valence-corrected chi connectivity index (χ2v) is 5.61. The van der Waals surface area contributed by atoms with Crippen molar-refractivity contribution in [1.82, 2.24) is 15.0 Å². The highest BCUT2D eigenvalue weighted by atomic mass is 19.1. The number of halogens is 1. The minimum Gasteiger partial charge on any atom is -0.338 e. The molecule has 0 saturated heterocycles. The molecule has 1 heterocycles. The Morgan fingerprint density at radius 1 is 1.16 bits per heavy atom. The van der Waals surface area contributed by atoms with Gasteiger partial charge in [-0.3, -0.25) is 9.69 Å². The Morgan fingerprint density at radius 2 is 1.88 bits per heavy atom. The van der Waals surface area contributed by atoms with Crippen LogP contribution in [0.3, 0.4) is 0 Å². The quantitative estimate of drug-likeness (QED) is 0.747. The van der Waals surface area contributed by atoms with Gasteiger partial charge in [0, 0.05) is 11.3 Å². The van der Waals surface area contributed by atoms with Crippen LogP contribution in [-0.2, 0) is 11.3 Å². The third-order valence-corrected chi connectivity index (χ3v) is 3.45. The number of hydrogen-bond donors (Lipinski definition) is 1. The van der Waals surface area contributed by atoms with Crippen LogP contribution in [0.25, 0.3) is 11.4 Å². The maximum absolute atomic E-state index is 12.9. The van der Waals surface area contributed by atoms with Gasteiger partial charge in [-0.05, 0) is 31.3 Å². The molecule has 1 aromatic heterocycles. The first-order valence-corrected chi connectivity index (χ1v) is 7.72. The summed E-state index contributed by atoms with van der Waals surface area (Å²) in [6, 6.07) is 15.1. The lowest BCUT2D eigenvalue weighted by Crippen LogP contribution is -2.29. The first kappa shape index (κ1) is 16.8. The highest BCUT2D eigenvalue weighted by molar-refractivity contribution is 5.92. The molecule has 0 radical (unpaired) electrons. The van der Waals surface area contributed by atoms with Crippen molar-refractivity contribution in [2.45, 2.75) is 6.54 Å². The van der Waals surface area contributed by atoms with Gasteiger partial charge in [-0.15, -0.1) is 0 Å². The van der Waals surface area contributed by atoms with Crippen molar-refractivity contribution >= 4 is 11.6 Å². The maximum atomic E-state index is 12.9. The number of hydrogen-bond acceptors (Lipinski definition) is 5. The molecule has 0 atom stereocenters. The molecule has 0 fully saturated rings. The zero-order chi connectivity index (χ0) is 17.6. The average molecular weight is 340 g/mol. The number of carbonyl (C=O) groups excluding carboxylic acids is 1.